The fourth-order valence-corrected chi connectivity index (χ4v) is 2.38. The maximum Gasteiger partial charge on any atom is 0.335 e. The van der Waals surface area contributed by atoms with Gasteiger partial charge in [-0.3, -0.25) is 0 Å². The molecule has 0 aliphatic carbocycles. The molecule has 0 atom stereocenters. The number of anilines is 1. The van der Waals surface area contributed by atoms with Gasteiger partial charge in [-0.25, -0.2) is 4.79 Å². The average molecular weight is 357 g/mol. The topological polar surface area (TPSA) is 77.0 Å². The predicted molar refractivity (Wildman–Crippen MR) is 101 cm³/mol. The number of nitrogens with one attached hydrogen (secondary N) is 1. The first-order valence-corrected chi connectivity index (χ1v) is 8.23. The third-order valence-corrected chi connectivity index (χ3v) is 3.59. The molecule has 0 fully saturated rings. The number of carbonyl (C=O) groups is 1. The minimum atomic E-state index is -0.988. The predicted octanol–water partition coefficient (Wildman–Crippen LogP) is 3.97. The molecular formula is C20H23NO5. The van der Waals surface area contributed by atoms with Crippen LogP contribution in [0.3, 0.4) is 0 Å². The SMILES string of the molecule is C=CCOc1ccc(CNc2cc(C(=O)O)ccc2OC)cc1OCC. The van der Waals surface area contributed by atoms with E-state index in [1.54, 1.807) is 25.3 Å². The normalized spacial score (nSPS) is 10.1. The molecule has 6 nitrogen and oxygen atoms in total. The van der Waals surface area contributed by atoms with Crippen LogP contribution in [-0.2, 0) is 6.54 Å². The number of hydrogen-bond donors (Lipinski definition) is 2. The van der Waals surface area contributed by atoms with Crippen LogP contribution < -0.4 is 19.5 Å². The Morgan fingerprint density at radius 1 is 1.15 bits per heavy atom. The zero-order valence-electron chi connectivity index (χ0n) is 15.0. The molecule has 0 aromatic heterocycles. The standard InChI is InChI=1S/C20H23NO5/c1-4-10-26-18-8-6-14(11-19(18)25-5-2)13-21-16-12-15(20(22)23)7-9-17(16)24-3/h4,6-9,11-12,21H,1,5,10,13H2,2-3H3,(H,22,23). The van der Waals surface area contributed by atoms with Gasteiger partial charge in [0.25, 0.3) is 0 Å². The molecular weight excluding hydrogens is 334 g/mol. The molecule has 138 valence electrons. The summed E-state index contributed by atoms with van der Waals surface area (Å²) in [6.07, 6.45) is 1.67. The Kier molecular flexibility index (Phi) is 6.91. The molecule has 0 aliphatic rings. The number of hydrogen-bond acceptors (Lipinski definition) is 5. The Labute approximate surface area is 153 Å². The molecule has 0 radical (unpaired) electrons. The van der Waals surface area contributed by atoms with Crippen LogP contribution in [0.25, 0.3) is 0 Å². The van der Waals surface area contributed by atoms with Crippen molar-refractivity contribution in [2.75, 3.05) is 25.6 Å². The first kappa shape index (κ1) is 19.2. The summed E-state index contributed by atoms with van der Waals surface area (Å²) < 4.78 is 16.5. The Hall–Kier alpha value is -3.15. The van der Waals surface area contributed by atoms with E-state index in [0.717, 1.165) is 5.56 Å². The van der Waals surface area contributed by atoms with Crippen molar-refractivity contribution in [3.8, 4) is 17.2 Å². The van der Waals surface area contributed by atoms with Gasteiger partial charge in [-0.05, 0) is 42.8 Å². The number of ether oxygens (including phenoxy) is 3. The van der Waals surface area contributed by atoms with Crippen LogP contribution in [0.2, 0.25) is 0 Å². The lowest BCUT2D eigenvalue weighted by Crippen LogP contribution is -2.05. The summed E-state index contributed by atoms with van der Waals surface area (Å²) in [5, 5.41) is 12.4. The summed E-state index contributed by atoms with van der Waals surface area (Å²) in [7, 11) is 1.54. The van der Waals surface area contributed by atoms with E-state index in [-0.39, 0.29) is 5.56 Å². The number of carboxylic acids is 1. The van der Waals surface area contributed by atoms with Crippen molar-refractivity contribution in [3.63, 3.8) is 0 Å². The van der Waals surface area contributed by atoms with E-state index in [9.17, 15) is 4.79 Å². The first-order valence-electron chi connectivity index (χ1n) is 8.23. The Morgan fingerprint density at radius 3 is 2.58 bits per heavy atom. The highest BCUT2D eigenvalue weighted by molar-refractivity contribution is 5.89. The van der Waals surface area contributed by atoms with E-state index in [4.69, 9.17) is 19.3 Å². The smallest absolute Gasteiger partial charge is 0.335 e. The van der Waals surface area contributed by atoms with Crippen molar-refractivity contribution in [1.82, 2.24) is 0 Å². The van der Waals surface area contributed by atoms with Crippen molar-refractivity contribution in [2.24, 2.45) is 0 Å². The molecule has 0 unspecified atom stereocenters. The van der Waals surface area contributed by atoms with Gasteiger partial charge in [0.05, 0.1) is 25.0 Å². The first-order chi connectivity index (χ1) is 12.6. The maximum absolute atomic E-state index is 11.2. The molecule has 0 heterocycles. The van der Waals surface area contributed by atoms with Crippen molar-refractivity contribution in [1.29, 1.82) is 0 Å². The highest BCUT2D eigenvalue weighted by Gasteiger charge is 2.10. The zero-order chi connectivity index (χ0) is 18.9. The quantitative estimate of drug-likeness (QED) is 0.627. The Bertz CT molecular complexity index is 773. The lowest BCUT2D eigenvalue weighted by molar-refractivity contribution is 0.0697. The summed E-state index contributed by atoms with van der Waals surface area (Å²) in [5.41, 5.74) is 1.76. The molecule has 2 rings (SSSR count). The molecule has 26 heavy (non-hydrogen) atoms. The van der Waals surface area contributed by atoms with Crippen LogP contribution in [0, 0.1) is 0 Å². The molecule has 2 aromatic rings. The second-order valence-electron chi connectivity index (χ2n) is 5.39. The van der Waals surface area contributed by atoms with Gasteiger partial charge in [0, 0.05) is 6.54 Å². The molecule has 0 saturated carbocycles. The van der Waals surface area contributed by atoms with E-state index in [1.807, 2.05) is 25.1 Å². The molecule has 0 bridgehead atoms. The Balaban J connectivity index is 2.18. The molecule has 0 saturated heterocycles. The lowest BCUT2D eigenvalue weighted by atomic mass is 10.1. The largest absolute Gasteiger partial charge is 0.495 e. The van der Waals surface area contributed by atoms with E-state index in [0.29, 0.717) is 42.7 Å². The molecule has 2 aromatic carbocycles. The minimum absolute atomic E-state index is 0.191. The third-order valence-electron chi connectivity index (χ3n) is 3.59. The fourth-order valence-electron chi connectivity index (χ4n) is 2.38. The van der Waals surface area contributed by atoms with Crippen molar-refractivity contribution in [3.05, 3.63) is 60.2 Å². The lowest BCUT2D eigenvalue weighted by Gasteiger charge is -2.15. The maximum atomic E-state index is 11.2. The van der Waals surface area contributed by atoms with E-state index >= 15 is 0 Å². The van der Waals surface area contributed by atoms with Gasteiger partial charge in [-0.1, -0.05) is 18.7 Å². The van der Waals surface area contributed by atoms with Gasteiger partial charge in [0.15, 0.2) is 11.5 Å². The van der Waals surface area contributed by atoms with E-state index in [1.165, 1.54) is 6.07 Å². The van der Waals surface area contributed by atoms with Gasteiger partial charge < -0.3 is 24.6 Å². The van der Waals surface area contributed by atoms with Crippen LogP contribution in [0.15, 0.2) is 49.1 Å². The van der Waals surface area contributed by atoms with E-state index < -0.39 is 5.97 Å². The zero-order valence-corrected chi connectivity index (χ0v) is 15.0. The second kappa shape index (κ2) is 9.36. The van der Waals surface area contributed by atoms with Crippen LogP contribution in [-0.4, -0.2) is 31.4 Å². The average Bonchev–Trinajstić information content (AvgIpc) is 2.65. The van der Waals surface area contributed by atoms with Crippen LogP contribution in [0.1, 0.15) is 22.8 Å². The highest BCUT2D eigenvalue weighted by atomic mass is 16.5. The summed E-state index contributed by atoms with van der Waals surface area (Å²) in [6.45, 7) is 6.94. The Morgan fingerprint density at radius 2 is 1.92 bits per heavy atom. The second-order valence-corrected chi connectivity index (χ2v) is 5.39. The minimum Gasteiger partial charge on any atom is -0.495 e. The number of benzene rings is 2. The van der Waals surface area contributed by atoms with Gasteiger partial charge in [0.1, 0.15) is 12.4 Å². The summed E-state index contributed by atoms with van der Waals surface area (Å²) >= 11 is 0. The van der Waals surface area contributed by atoms with Crippen LogP contribution >= 0.6 is 0 Å². The van der Waals surface area contributed by atoms with Gasteiger partial charge in [0.2, 0.25) is 0 Å². The fraction of sp³-hybridized carbons (Fsp3) is 0.250. The summed E-state index contributed by atoms with van der Waals surface area (Å²) in [5.74, 6) is 0.893. The number of aromatic carboxylic acids is 1. The van der Waals surface area contributed by atoms with E-state index in [2.05, 4.69) is 11.9 Å². The molecule has 0 spiro atoms. The van der Waals surface area contributed by atoms with Crippen LogP contribution in [0.4, 0.5) is 5.69 Å². The molecule has 6 heteroatoms. The van der Waals surface area contributed by atoms with Gasteiger partial charge in [-0.15, -0.1) is 0 Å². The molecule has 2 N–H and O–H groups in total. The third kappa shape index (κ3) is 4.92. The number of methoxy groups -OCH3 is 1. The van der Waals surface area contributed by atoms with Crippen LogP contribution in [0.5, 0.6) is 17.2 Å². The monoisotopic (exact) mass is 357 g/mol. The number of rotatable bonds is 10. The summed E-state index contributed by atoms with van der Waals surface area (Å²) in [4.78, 5) is 11.2. The highest BCUT2D eigenvalue weighted by Crippen LogP contribution is 2.30. The summed E-state index contributed by atoms with van der Waals surface area (Å²) in [6, 6.07) is 10.3. The van der Waals surface area contributed by atoms with Gasteiger partial charge >= 0.3 is 5.97 Å². The van der Waals surface area contributed by atoms with Crippen molar-refractivity contribution in [2.45, 2.75) is 13.5 Å². The van der Waals surface area contributed by atoms with Gasteiger partial charge in [-0.2, -0.15) is 0 Å². The van der Waals surface area contributed by atoms with Crippen molar-refractivity contribution >= 4 is 11.7 Å². The molecule has 0 amide bonds. The molecule has 0 aliphatic heterocycles. The number of carboxylic acid groups (broad SMARTS) is 1. The van der Waals surface area contributed by atoms with Crippen molar-refractivity contribution < 1.29 is 24.1 Å².